The van der Waals surface area contributed by atoms with Crippen molar-refractivity contribution < 1.29 is 25.2 Å². The standard InChI is InChI=1S/C15H17IN2O6/c16-9-3-7-1-2-8(4-10(7)18-15(9)24)17-11(5-19)13(22)14(23)12(21)6-20/h1-5,11-14,17,20-23H,6H2,(H,18,24)/t11-,12+,13+,14+/m1/s1. The Morgan fingerprint density at radius 2 is 1.92 bits per heavy atom. The third-order valence-corrected chi connectivity index (χ3v) is 4.38. The van der Waals surface area contributed by atoms with Crippen molar-refractivity contribution in [2.24, 2.45) is 0 Å². The highest BCUT2D eigenvalue weighted by Crippen LogP contribution is 2.19. The molecule has 1 aromatic heterocycles. The first kappa shape index (κ1) is 18.8. The molecule has 24 heavy (non-hydrogen) atoms. The lowest BCUT2D eigenvalue weighted by Crippen LogP contribution is -2.49. The average molecular weight is 448 g/mol. The minimum atomic E-state index is -1.69. The first-order valence-corrected chi connectivity index (χ1v) is 8.14. The van der Waals surface area contributed by atoms with Gasteiger partial charge in [0.1, 0.15) is 30.6 Å². The van der Waals surface area contributed by atoms with Crippen LogP contribution in [0.3, 0.4) is 0 Å². The van der Waals surface area contributed by atoms with Crippen LogP contribution in [0.15, 0.2) is 29.1 Å². The van der Waals surface area contributed by atoms with Crippen LogP contribution in [0.1, 0.15) is 0 Å². The van der Waals surface area contributed by atoms with Crippen LogP contribution in [-0.4, -0.2) is 62.7 Å². The van der Waals surface area contributed by atoms with E-state index >= 15 is 0 Å². The smallest absolute Gasteiger partial charge is 0.261 e. The number of carbonyl (C=O) groups excluding carboxylic acids is 1. The number of carbonyl (C=O) groups is 1. The molecule has 0 aliphatic carbocycles. The molecule has 0 fully saturated rings. The van der Waals surface area contributed by atoms with Gasteiger partial charge in [0.05, 0.1) is 15.7 Å². The molecule has 8 nitrogen and oxygen atoms in total. The molecule has 9 heteroatoms. The van der Waals surface area contributed by atoms with E-state index in [9.17, 15) is 24.9 Å². The quantitative estimate of drug-likeness (QED) is 0.240. The molecule has 0 radical (unpaired) electrons. The SMILES string of the molecule is O=C[C@@H](Nc1ccc2cc(I)c(=O)[nH]c2c1)[C@H](O)[C@@H](O)[C@@H](O)CO. The maximum Gasteiger partial charge on any atom is 0.261 e. The van der Waals surface area contributed by atoms with Gasteiger partial charge in [-0.2, -0.15) is 0 Å². The van der Waals surface area contributed by atoms with E-state index in [-0.39, 0.29) is 5.56 Å². The van der Waals surface area contributed by atoms with Crippen molar-refractivity contribution >= 4 is 45.5 Å². The Hall–Kier alpha value is -1.53. The van der Waals surface area contributed by atoms with Crippen molar-refractivity contribution in [3.05, 3.63) is 38.2 Å². The van der Waals surface area contributed by atoms with Gasteiger partial charge < -0.3 is 35.5 Å². The molecular weight excluding hydrogens is 431 g/mol. The molecule has 2 rings (SSSR count). The first-order valence-electron chi connectivity index (χ1n) is 7.07. The van der Waals surface area contributed by atoms with Crippen LogP contribution in [0.4, 0.5) is 5.69 Å². The van der Waals surface area contributed by atoms with E-state index in [1.807, 2.05) is 22.6 Å². The number of aldehydes is 1. The second kappa shape index (κ2) is 8.03. The van der Waals surface area contributed by atoms with Gasteiger partial charge in [0.15, 0.2) is 0 Å². The molecule has 0 aliphatic heterocycles. The zero-order chi connectivity index (χ0) is 17.9. The van der Waals surface area contributed by atoms with Gasteiger partial charge in [-0.25, -0.2) is 0 Å². The number of pyridine rings is 1. The van der Waals surface area contributed by atoms with Crippen molar-refractivity contribution in [1.29, 1.82) is 0 Å². The summed E-state index contributed by atoms with van der Waals surface area (Å²) in [7, 11) is 0. The summed E-state index contributed by atoms with van der Waals surface area (Å²) in [5.41, 5.74) is 0.732. The zero-order valence-corrected chi connectivity index (χ0v) is 14.5. The molecule has 2 aromatic rings. The highest BCUT2D eigenvalue weighted by atomic mass is 127. The average Bonchev–Trinajstić information content (AvgIpc) is 2.58. The number of rotatable bonds is 7. The van der Waals surface area contributed by atoms with Gasteiger partial charge in [0, 0.05) is 5.69 Å². The highest BCUT2D eigenvalue weighted by molar-refractivity contribution is 14.1. The molecule has 0 amide bonds. The van der Waals surface area contributed by atoms with E-state index in [2.05, 4.69) is 10.3 Å². The van der Waals surface area contributed by atoms with Gasteiger partial charge in [-0.05, 0) is 46.2 Å². The number of aliphatic hydroxyl groups excluding tert-OH is 4. The first-order chi connectivity index (χ1) is 11.4. The molecule has 0 spiro atoms. The van der Waals surface area contributed by atoms with Gasteiger partial charge >= 0.3 is 0 Å². The van der Waals surface area contributed by atoms with Crippen molar-refractivity contribution in [3.8, 4) is 0 Å². The van der Waals surface area contributed by atoms with Gasteiger partial charge in [0.25, 0.3) is 5.56 Å². The third kappa shape index (κ3) is 4.11. The Morgan fingerprint density at radius 1 is 1.21 bits per heavy atom. The zero-order valence-electron chi connectivity index (χ0n) is 12.4. The molecule has 0 bridgehead atoms. The number of fused-ring (bicyclic) bond motifs is 1. The predicted molar refractivity (Wildman–Crippen MR) is 95.9 cm³/mol. The number of hydrogen-bond donors (Lipinski definition) is 6. The Labute approximate surface area is 150 Å². The Morgan fingerprint density at radius 3 is 2.54 bits per heavy atom. The third-order valence-electron chi connectivity index (χ3n) is 3.58. The maximum absolute atomic E-state index is 11.7. The monoisotopic (exact) mass is 448 g/mol. The van der Waals surface area contributed by atoms with Crippen molar-refractivity contribution in [2.45, 2.75) is 24.4 Å². The number of H-pyrrole nitrogens is 1. The van der Waals surface area contributed by atoms with Gasteiger partial charge in [-0.15, -0.1) is 0 Å². The summed E-state index contributed by atoms with van der Waals surface area (Å²) in [6.45, 7) is -0.750. The Kier molecular flexibility index (Phi) is 6.29. The van der Waals surface area contributed by atoms with E-state index in [4.69, 9.17) is 5.11 Å². The minimum absolute atomic E-state index is 0.242. The second-order valence-electron chi connectivity index (χ2n) is 5.29. The van der Waals surface area contributed by atoms with Crippen LogP contribution in [0, 0.1) is 3.57 Å². The fourth-order valence-corrected chi connectivity index (χ4v) is 2.67. The fraction of sp³-hybridized carbons (Fsp3) is 0.333. The van der Waals surface area contributed by atoms with Crippen LogP contribution in [0.2, 0.25) is 0 Å². The minimum Gasteiger partial charge on any atom is -0.394 e. The van der Waals surface area contributed by atoms with E-state index in [1.54, 1.807) is 24.3 Å². The number of aliphatic hydroxyl groups is 4. The largest absolute Gasteiger partial charge is 0.394 e. The van der Waals surface area contributed by atoms with Crippen LogP contribution in [-0.2, 0) is 4.79 Å². The number of benzene rings is 1. The van der Waals surface area contributed by atoms with Crippen LogP contribution < -0.4 is 10.9 Å². The lowest BCUT2D eigenvalue weighted by molar-refractivity contribution is -0.117. The van der Waals surface area contributed by atoms with Gasteiger partial charge in [-0.1, -0.05) is 6.07 Å². The summed E-state index contributed by atoms with van der Waals surface area (Å²) in [4.78, 5) is 25.5. The Balaban J connectivity index is 2.24. The molecular formula is C15H17IN2O6. The number of anilines is 1. The maximum atomic E-state index is 11.7. The molecule has 0 saturated heterocycles. The summed E-state index contributed by atoms with van der Waals surface area (Å²) >= 11 is 1.92. The predicted octanol–water partition coefficient (Wildman–Crippen LogP) is -0.813. The number of nitrogens with one attached hydrogen (secondary N) is 2. The molecule has 0 aliphatic rings. The molecule has 130 valence electrons. The molecule has 1 aromatic carbocycles. The van der Waals surface area contributed by atoms with E-state index in [0.717, 1.165) is 5.39 Å². The highest BCUT2D eigenvalue weighted by Gasteiger charge is 2.31. The second-order valence-corrected chi connectivity index (χ2v) is 6.45. The molecule has 6 N–H and O–H groups in total. The fourth-order valence-electron chi connectivity index (χ4n) is 2.20. The van der Waals surface area contributed by atoms with Crippen LogP contribution in [0.5, 0.6) is 0 Å². The summed E-state index contributed by atoms with van der Waals surface area (Å²) in [5, 5.41) is 41.3. The molecule has 1 heterocycles. The van der Waals surface area contributed by atoms with E-state index in [0.29, 0.717) is 21.1 Å². The molecule has 0 unspecified atom stereocenters. The lowest BCUT2D eigenvalue weighted by Gasteiger charge is -2.26. The summed E-state index contributed by atoms with van der Waals surface area (Å²) < 4.78 is 0.545. The number of hydrogen-bond acceptors (Lipinski definition) is 7. The van der Waals surface area contributed by atoms with Crippen LogP contribution >= 0.6 is 22.6 Å². The summed E-state index contributed by atoms with van der Waals surface area (Å²) in [5.74, 6) is 0. The van der Waals surface area contributed by atoms with E-state index in [1.165, 1.54) is 0 Å². The topological polar surface area (TPSA) is 143 Å². The van der Waals surface area contributed by atoms with Crippen LogP contribution in [0.25, 0.3) is 10.9 Å². The summed E-state index contributed by atoms with van der Waals surface area (Å²) in [6.07, 6.45) is -4.51. The molecule has 0 saturated carbocycles. The van der Waals surface area contributed by atoms with Crippen molar-refractivity contribution in [1.82, 2.24) is 4.98 Å². The number of aromatic nitrogens is 1. The van der Waals surface area contributed by atoms with Gasteiger partial charge in [-0.3, -0.25) is 4.79 Å². The number of aromatic amines is 1. The van der Waals surface area contributed by atoms with E-state index < -0.39 is 31.0 Å². The summed E-state index contributed by atoms with van der Waals surface area (Å²) in [6, 6.07) is 5.46. The van der Waals surface area contributed by atoms with Gasteiger partial charge in [0.2, 0.25) is 0 Å². The Bertz CT molecular complexity index is 780. The van der Waals surface area contributed by atoms with Crippen molar-refractivity contribution in [3.63, 3.8) is 0 Å². The molecule has 4 atom stereocenters. The number of halogens is 1. The van der Waals surface area contributed by atoms with Crippen molar-refractivity contribution in [2.75, 3.05) is 11.9 Å². The normalized spacial score (nSPS) is 16.4. The lowest BCUT2D eigenvalue weighted by atomic mass is 10.0.